The molecule has 0 spiro atoms. The number of nitrogens with zero attached hydrogens (tertiary/aromatic N) is 1. The Bertz CT molecular complexity index is 1190. The van der Waals surface area contributed by atoms with Gasteiger partial charge < -0.3 is 14.5 Å². The van der Waals surface area contributed by atoms with Gasteiger partial charge in [-0.25, -0.2) is 13.2 Å². The normalized spacial score (nSPS) is 13.9. The second kappa shape index (κ2) is 8.03. The largest absolute Gasteiger partial charge is 0.459 e. The zero-order chi connectivity index (χ0) is 21.1. The number of carbonyl (C=O) groups is 2. The van der Waals surface area contributed by atoms with E-state index in [1.807, 2.05) is 0 Å². The summed E-state index contributed by atoms with van der Waals surface area (Å²) in [5.41, 5.74) is 1.28. The molecule has 2 aromatic carbocycles. The van der Waals surface area contributed by atoms with Gasteiger partial charge in [-0.15, -0.1) is 0 Å². The maximum absolute atomic E-state index is 12.7. The molecule has 1 saturated heterocycles. The van der Waals surface area contributed by atoms with E-state index < -0.39 is 21.8 Å². The maximum Gasteiger partial charge on any atom is 0.414 e. The third kappa shape index (κ3) is 4.06. The van der Waals surface area contributed by atoms with Crippen molar-refractivity contribution in [1.29, 1.82) is 0 Å². The lowest BCUT2D eigenvalue weighted by atomic mass is 10.2. The molecule has 1 aromatic heterocycles. The van der Waals surface area contributed by atoms with E-state index in [1.54, 1.807) is 42.5 Å². The van der Waals surface area contributed by atoms with E-state index in [2.05, 4.69) is 5.32 Å². The molecule has 154 valence electrons. The molecular formula is C21H18N2O6S. The summed E-state index contributed by atoms with van der Waals surface area (Å²) in [6, 6.07) is 16.2. The average molecular weight is 426 g/mol. The van der Waals surface area contributed by atoms with Gasteiger partial charge in [0.2, 0.25) is 0 Å². The molecular weight excluding hydrogens is 408 g/mol. The van der Waals surface area contributed by atoms with Crippen LogP contribution in [0.5, 0.6) is 0 Å². The van der Waals surface area contributed by atoms with Crippen molar-refractivity contribution >= 4 is 33.2 Å². The van der Waals surface area contributed by atoms with Gasteiger partial charge in [-0.3, -0.25) is 9.69 Å². The number of anilines is 2. The summed E-state index contributed by atoms with van der Waals surface area (Å²) in [6.45, 7) is 0.733. The topological polar surface area (TPSA) is 106 Å². The first-order valence-electron chi connectivity index (χ1n) is 9.14. The number of ether oxygens (including phenoxy) is 1. The van der Waals surface area contributed by atoms with Crippen molar-refractivity contribution in [2.75, 3.05) is 23.4 Å². The Labute approximate surface area is 173 Å². The molecule has 0 aliphatic carbocycles. The SMILES string of the molecule is O=C(Nc1cccc(N2CCOC2=O)c1)c1occc1CS(=O)(=O)c1ccccc1. The molecule has 2 amide bonds. The Morgan fingerprint density at radius 1 is 1.07 bits per heavy atom. The van der Waals surface area contributed by atoms with Crippen molar-refractivity contribution in [3.05, 3.63) is 78.3 Å². The van der Waals surface area contributed by atoms with Crippen molar-refractivity contribution in [2.24, 2.45) is 0 Å². The third-order valence-electron chi connectivity index (χ3n) is 4.58. The van der Waals surface area contributed by atoms with Gasteiger partial charge in [0.1, 0.15) is 6.61 Å². The first-order chi connectivity index (χ1) is 14.4. The molecule has 0 unspecified atom stereocenters. The van der Waals surface area contributed by atoms with Crippen LogP contribution in [0.15, 0.2) is 76.2 Å². The van der Waals surface area contributed by atoms with Gasteiger partial charge in [0.25, 0.3) is 5.91 Å². The number of carbonyl (C=O) groups excluding carboxylic acids is 2. The number of cyclic esters (lactones) is 1. The summed E-state index contributed by atoms with van der Waals surface area (Å²) in [5, 5.41) is 2.68. The van der Waals surface area contributed by atoms with E-state index in [9.17, 15) is 18.0 Å². The fraction of sp³-hybridized carbons (Fsp3) is 0.143. The van der Waals surface area contributed by atoms with Gasteiger partial charge in [-0.1, -0.05) is 24.3 Å². The van der Waals surface area contributed by atoms with E-state index in [0.29, 0.717) is 24.5 Å². The summed E-state index contributed by atoms with van der Waals surface area (Å²) in [5.74, 6) is -1.03. The molecule has 4 rings (SSSR count). The van der Waals surface area contributed by atoms with Crippen molar-refractivity contribution in [3.8, 4) is 0 Å². The molecule has 1 fully saturated rings. The minimum absolute atomic E-state index is 0.0829. The van der Waals surface area contributed by atoms with Crippen LogP contribution in [0.3, 0.4) is 0 Å². The lowest BCUT2D eigenvalue weighted by Crippen LogP contribution is -2.23. The Morgan fingerprint density at radius 2 is 1.87 bits per heavy atom. The van der Waals surface area contributed by atoms with Crippen LogP contribution >= 0.6 is 0 Å². The lowest BCUT2D eigenvalue weighted by Gasteiger charge is -2.14. The molecule has 1 N–H and O–H groups in total. The van der Waals surface area contributed by atoms with Gasteiger partial charge in [0.05, 0.1) is 23.5 Å². The van der Waals surface area contributed by atoms with E-state index in [0.717, 1.165) is 0 Å². The summed E-state index contributed by atoms with van der Waals surface area (Å²) in [7, 11) is -3.63. The van der Waals surface area contributed by atoms with Crippen LogP contribution in [0.4, 0.5) is 16.2 Å². The maximum atomic E-state index is 12.7. The molecule has 8 nitrogen and oxygen atoms in total. The molecule has 9 heteroatoms. The van der Waals surface area contributed by atoms with Gasteiger partial charge >= 0.3 is 6.09 Å². The highest BCUT2D eigenvalue weighted by molar-refractivity contribution is 7.90. The lowest BCUT2D eigenvalue weighted by molar-refractivity contribution is 0.0995. The molecule has 3 aromatic rings. The number of hydrogen-bond acceptors (Lipinski definition) is 6. The summed E-state index contributed by atoms with van der Waals surface area (Å²) in [6.07, 6.45) is 0.833. The second-order valence-corrected chi connectivity index (χ2v) is 8.61. The molecule has 2 heterocycles. The van der Waals surface area contributed by atoms with Crippen LogP contribution < -0.4 is 10.2 Å². The highest BCUT2D eigenvalue weighted by Crippen LogP contribution is 2.24. The molecule has 1 aliphatic rings. The van der Waals surface area contributed by atoms with Crippen LogP contribution in [-0.4, -0.2) is 33.6 Å². The van der Waals surface area contributed by atoms with E-state index in [1.165, 1.54) is 29.4 Å². The van der Waals surface area contributed by atoms with Crippen molar-refractivity contribution in [1.82, 2.24) is 0 Å². The van der Waals surface area contributed by atoms with Crippen molar-refractivity contribution in [3.63, 3.8) is 0 Å². The zero-order valence-corrected chi connectivity index (χ0v) is 16.6. The van der Waals surface area contributed by atoms with Crippen LogP contribution in [-0.2, 0) is 20.3 Å². The molecule has 0 radical (unpaired) electrons. The number of hydrogen-bond donors (Lipinski definition) is 1. The zero-order valence-electron chi connectivity index (χ0n) is 15.8. The van der Waals surface area contributed by atoms with Gasteiger partial charge in [-0.2, -0.15) is 0 Å². The monoisotopic (exact) mass is 426 g/mol. The Kier molecular flexibility index (Phi) is 5.28. The molecule has 30 heavy (non-hydrogen) atoms. The van der Waals surface area contributed by atoms with Crippen molar-refractivity contribution in [2.45, 2.75) is 10.6 Å². The minimum Gasteiger partial charge on any atom is -0.459 e. The Balaban J connectivity index is 1.52. The highest BCUT2D eigenvalue weighted by atomic mass is 32.2. The number of sulfone groups is 1. The number of furan rings is 1. The molecule has 0 bridgehead atoms. The van der Waals surface area contributed by atoms with Crippen LogP contribution in [0, 0.1) is 0 Å². The fourth-order valence-corrected chi connectivity index (χ4v) is 4.51. The van der Waals surface area contributed by atoms with Crippen molar-refractivity contribution < 1.29 is 27.2 Å². The minimum atomic E-state index is -3.63. The van der Waals surface area contributed by atoms with Gasteiger partial charge in [0.15, 0.2) is 15.6 Å². The summed E-state index contributed by atoms with van der Waals surface area (Å²) >= 11 is 0. The van der Waals surface area contributed by atoms with Crippen LogP contribution in [0.2, 0.25) is 0 Å². The van der Waals surface area contributed by atoms with E-state index in [-0.39, 0.29) is 22.0 Å². The smallest absolute Gasteiger partial charge is 0.414 e. The number of benzene rings is 2. The van der Waals surface area contributed by atoms with Gasteiger partial charge in [-0.05, 0) is 36.4 Å². The predicted molar refractivity (Wildman–Crippen MR) is 109 cm³/mol. The quantitative estimate of drug-likeness (QED) is 0.647. The Hall–Kier alpha value is -3.59. The van der Waals surface area contributed by atoms with E-state index >= 15 is 0 Å². The summed E-state index contributed by atoms with van der Waals surface area (Å²) < 4.78 is 35.5. The van der Waals surface area contributed by atoms with Crippen LogP contribution in [0.25, 0.3) is 0 Å². The number of amides is 2. The first kappa shape index (κ1) is 19.7. The fourth-order valence-electron chi connectivity index (χ4n) is 3.13. The third-order valence-corrected chi connectivity index (χ3v) is 6.26. The standard InChI is InChI=1S/C21H18N2O6S/c24-20(22-16-5-4-6-17(13-16)23-10-12-29-21(23)25)19-15(9-11-28-19)14-30(26,27)18-7-2-1-3-8-18/h1-9,11,13H,10,12,14H2,(H,22,24). The van der Waals surface area contributed by atoms with E-state index in [4.69, 9.17) is 9.15 Å². The molecule has 0 saturated carbocycles. The summed E-state index contributed by atoms with van der Waals surface area (Å²) in [4.78, 5) is 26.1. The first-order valence-corrected chi connectivity index (χ1v) is 10.8. The van der Waals surface area contributed by atoms with Crippen LogP contribution in [0.1, 0.15) is 16.1 Å². The molecule has 0 atom stereocenters. The molecule has 1 aliphatic heterocycles. The predicted octanol–water partition coefficient (Wildman–Crippen LogP) is 3.46. The number of nitrogens with one attached hydrogen (secondary N) is 1. The second-order valence-electron chi connectivity index (χ2n) is 6.62. The number of rotatable bonds is 6. The van der Waals surface area contributed by atoms with Gasteiger partial charge in [0, 0.05) is 16.9 Å². The Morgan fingerprint density at radius 3 is 2.60 bits per heavy atom. The highest BCUT2D eigenvalue weighted by Gasteiger charge is 2.25. The average Bonchev–Trinajstić information content (AvgIpc) is 3.37.